The van der Waals surface area contributed by atoms with Crippen molar-refractivity contribution in [3.63, 3.8) is 0 Å². The Hall–Kier alpha value is -0.710. The van der Waals surface area contributed by atoms with E-state index in [1.807, 2.05) is 0 Å². The SMILES string of the molecule is CC(CN1CCCC1)NCc1cc(F)c(Cl)cc1F. The molecule has 1 aromatic carbocycles. The molecule has 106 valence electrons. The maximum Gasteiger partial charge on any atom is 0.142 e. The van der Waals surface area contributed by atoms with Gasteiger partial charge in [0.1, 0.15) is 11.6 Å². The van der Waals surface area contributed by atoms with Crippen molar-refractivity contribution in [1.29, 1.82) is 0 Å². The molecule has 1 heterocycles. The standard InChI is InChI=1S/C14H19ClF2N2/c1-10(9-19-4-2-3-5-19)18-8-11-6-14(17)12(15)7-13(11)16/h6-7,10,18H,2-5,8-9H2,1H3. The van der Waals surface area contributed by atoms with E-state index in [0.717, 1.165) is 31.8 Å². The Bertz CT molecular complexity index is 434. The number of nitrogens with one attached hydrogen (secondary N) is 1. The molecule has 2 nitrogen and oxygen atoms in total. The molecule has 1 N–H and O–H groups in total. The van der Waals surface area contributed by atoms with E-state index in [1.54, 1.807) is 0 Å². The van der Waals surface area contributed by atoms with E-state index in [-0.39, 0.29) is 11.1 Å². The second-order valence-electron chi connectivity index (χ2n) is 5.15. The summed E-state index contributed by atoms with van der Waals surface area (Å²) in [7, 11) is 0. The highest BCUT2D eigenvalue weighted by atomic mass is 35.5. The lowest BCUT2D eigenvalue weighted by Crippen LogP contribution is -2.37. The quantitative estimate of drug-likeness (QED) is 0.837. The largest absolute Gasteiger partial charge is 0.309 e. The number of rotatable bonds is 5. The van der Waals surface area contributed by atoms with Crippen molar-refractivity contribution in [1.82, 2.24) is 10.2 Å². The number of nitrogens with zero attached hydrogens (tertiary/aromatic N) is 1. The molecular formula is C14H19ClF2N2. The Morgan fingerprint density at radius 2 is 1.95 bits per heavy atom. The van der Waals surface area contributed by atoms with Gasteiger partial charge in [-0.3, -0.25) is 0 Å². The number of hydrogen-bond donors (Lipinski definition) is 1. The van der Waals surface area contributed by atoms with Crippen LogP contribution in [-0.4, -0.2) is 30.6 Å². The molecule has 0 radical (unpaired) electrons. The fourth-order valence-electron chi connectivity index (χ4n) is 2.40. The summed E-state index contributed by atoms with van der Waals surface area (Å²) < 4.78 is 26.9. The summed E-state index contributed by atoms with van der Waals surface area (Å²) in [6.45, 7) is 5.58. The fourth-order valence-corrected chi connectivity index (χ4v) is 2.55. The molecule has 1 unspecified atom stereocenters. The Kier molecular flexibility index (Phi) is 5.13. The molecule has 19 heavy (non-hydrogen) atoms. The average Bonchev–Trinajstić information content (AvgIpc) is 2.85. The first-order valence-corrected chi connectivity index (χ1v) is 7.03. The molecule has 0 spiro atoms. The highest BCUT2D eigenvalue weighted by molar-refractivity contribution is 6.30. The lowest BCUT2D eigenvalue weighted by atomic mass is 10.2. The van der Waals surface area contributed by atoms with E-state index in [4.69, 9.17) is 11.6 Å². The summed E-state index contributed by atoms with van der Waals surface area (Å²) in [4.78, 5) is 2.39. The molecule has 1 aliphatic heterocycles. The zero-order valence-electron chi connectivity index (χ0n) is 11.1. The van der Waals surface area contributed by atoms with Gasteiger partial charge in [0, 0.05) is 24.7 Å². The summed E-state index contributed by atoms with van der Waals surface area (Å²) in [5, 5.41) is 3.05. The van der Waals surface area contributed by atoms with Crippen molar-refractivity contribution in [2.24, 2.45) is 0 Å². The molecule has 1 aromatic rings. The highest BCUT2D eigenvalue weighted by Gasteiger charge is 2.15. The molecule has 0 aromatic heterocycles. The summed E-state index contributed by atoms with van der Waals surface area (Å²) >= 11 is 5.52. The Morgan fingerprint density at radius 3 is 2.63 bits per heavy atom. The van der Waals surface area contributed by atoms with Crippen LogP contribution in [0.5, 0.6) is 0 Å². The van der Waals surface area contributed by atoms with Gasteiger partial charge in [-0.1, -0.05) is 11.6 Å². The van der Waals surface area contributed by atoms with Gasteiger partial charge in [-0.25, -0.2) is 8.78 Å². The van der Waals surface area contributed by atoms with Crippen LogP contribution in [0.15, 0.2) is 12.1 Å². The smallest absolute Gasteiger partial charge is 0.142 e. The number of benzene rings is 1. The van der Waals surface area contributed by atoms with Crippen LogP contribution in [0.3, 0.4) is 0 Å². The van der Waals surface area contributed by atoms with E-state index >= 15 is 0 Å². The monoisotopic (exact) mass is 288 g/mol. The molecule has 1 atom stereocenters. The fraction of sp³-hybridized carbons (Fsp3) is 0.571. The van der Waals surface area contributed by atoms with Gasteiger partial charge in [0.15, 0.2) is 0 Å². The maximum absolute atomic E-state index is 13.6. The summed E-state index contributed by atoms with van der Waals surface area (Å²) in [6, 6.07) is 2.43. The van der Waals surface area contributed by atoms with Gasteiger partial charge in [0.25, 0.3) is 0 Å². The van der Waals surface area contributed by atoms with E-state index < -0.39 is 11.6 Å². The molecule has 1 aliphatic rings. The van der Waals surface area contributed by atoms with Crippen molar-refractivity contribution in [3.8, 4) is 0 Å². The second-order valence-corrected chi connectivity index (χ2v) is 5.55. The normalized spacial score (nSPS) is 17.9. The molecule has 0 bridgehead atoms. The number of halogens is 3. The molecule has 0 amide bonds. The lowest BCUT2D eigenvalue weighted by molar-refractivity contribution is 0.297. The Labute approximate surface area is 117 Å². The van der Waals surface area contributed by atoms with Crippen LogP contribution in [0.2, 0.25) is 5.02 Å². The molecule has 1 fully saturated rings. The lowest BCUT2D eigenvalue weighted by Gasteiger charge is -2.21. The van der Waals surface area contributed by atoms with Crippen LogP contribution in [-0.2, 0) is 6.54 Å². The van der Waals surface area contributed by atoms with Crippen LogP contribution in [0.25, 0.3) is 0 Å². The summed E-state index contributed by atoms with van der Waals surface area (Å²) in [5.74, 6) is -1.04. The minimum absolute atomic E-state index is 0.175. The second kappa shape index (κ2) is 6.64. The predicted octanol–water partition coefficient (Wildman–Crippen LogP) is 3.19. The van der Waals surface area contributed by atoms with Crippen molar-refractivity contribution in [3.05, 3.63) is 34.4 Å². The van der Waals surface area contributed by atoms with Crippen molar-refractivity contribution in [2.45, 2.75) is 32.4 Å². The summed E-state index contributed by atoms with van der Waals surface area (Å²) in [6.07, 6.45) is 2.51. The van der Waals surface area contributed by atoms with Gasteiger partial charge < -0.3 is 10.2 Å². The number of likely N-dealkylation sites (tertiary alicyclic amines) is 1. The van der Waals surface area contributed by atoms with Gasteiger partial charge in [-0.15, -0.1) is 0 Å². The predicted molar refractivity (Wildman–Crippen MR) is 73.3 cm³/mol. The van der Waals surface area contributed by atoms with Gasteiger partial charge in [-0.2, -0.15) is 0 Å². The Balaban J connectivity index is 1.85. The first kappa shape index (κ1) is 14.7. The number of hydrogen-bond acceptors (Lipinski definition) is 2. The average molecular weight is 289 g/mol. The van der Waals surface area contributed by atoms with E-state index in [1.165, 1.54) is 12.8 Å². The minimum atomic E-state index is -0.577. The molecule has 1 saturated heterocycles. The molecule has 0 saturated carbocycles. The first-order chi connectivity index (χ1) is 9.06. The van der Waals surface area contributed by atoms with E-state index in [0.29, 0.717) is 12.1 Å². The van der Waals surface area contributed by atoms with Crippen LogP contribution in [0.4, 0.5) is 8.78 Å². The van der Waals surface area contributed by atoms with Crippen LogP contribution < -0.4 is 5.32 Å². The third kappa shape index (κ3) is 4.13. The topological polar surface area (TPSA) is 15.3 Å². The highest BCUT2D eigenvalue weighted by Crippen LogP contribution is 2.19. The van der Waals surface area contributed by atoms with Crippen LogP contribution in [0.1, 0.15) is 25.3 Å². The molecular weight excluding hydrogens is 270 g/mol. The van der Waals surface area contributed by atoms with Crippen LogP contribution in [0, 0.1) is 11.6 Å². The van der Waals surface area contributed by atoms with Crippen molar-refractivity contribution >= 4 is 11.6 Å². The minimum Gasteiger partial charge on any atom is -0.309 e. The molecule has 2 rings (SSSR count). The molecule has 0 aliphatic carbocycles. The first-order valence-electron chi connectivity index (χ1n) is 6.65. The molecule has 5 heteroatoms. The van der Waals surface area contributed by atoms with Crippen molar-refractivity contribution < 1.29 is 8.78 Å². The zero-order chi connectivity index (χ0) is 13.8. The van der Waals surface area contributed by atoms with Crippen LogP contribution >= 0.6 is 11.6 Å². The van der Waals surface area contributed by atoms with E-state index in [2.05, 4.69) is 17.1 Å². The van der Waals surface area contributed by atoms with Gasteiger partial charge in [0.05, 0.1) is 5.02 Å². The third-order valence-corrected chi connectivity index (χ3v) is 3.75. The van der Waals surface area contributed by atoms with Crippen molar-refractivity contribution in [2.75, 3.05) is 19.6 Å². The van der Waals surface area contributed by atoms with E-state index in [9.17, 15) is 8.78 Å². The zero-order valence-corrected chi connectivity index (χ0v) is 11.8. The van der Waals surface area contributed by atoms with Gasteiger partial charge in [-0.05, 0) is 45.0 Å². The third-order valence-electron chi connectivity index (χ3n) is 3.46. The summed E-state index contributed by atoms with van der Waals surface area (Å²) in [5.41, 5.74) is 0.315. The van der Waals surface area contributed by atoms with Gasteiger partial charge in [0.2, 0.25) is 0 Å². The Morgan fingerprint density at radius 1 is 1.26 bits per heavy atom. The van der Waals surface area contributed by atoms with Gasteiger partial charge >= 0.3 is 0 Å². The maximum atomic E-state index is 13.6.